The van der Waals surface area contributed by atoms with Crippen molar-refractivity contribution in [2.24, 2.45) is 0 Å². The highest BCUT2D eigenvalue weighted by atomic mass is 16.1. The molecule has 98 valence electrons. The Labute approximate surface area is 107 Å². The van der Waals surface area contributed by atoms with Crippen LogP contribution in [0, 0.1) is 0 Å². The number of aromatic nitrogens is 2. The fourth-order valence-corrected chi connectivity index (χ4v) is 2.64. The Morgan fingerprint density at radius 3 is 3.00 bits per heavy atom. The molecule has 2 heterocycles. The van der Waals surface area contributed by atoms with E-state index < -0.39 is 0 Å². The maximum absolute atomic E-state index is 12.0. The Morgan fingerprint density at radius 2 is 2.28 bits per heavy atom. The summed E-state index contributed by atoms with van der Waals surface area (Å²) in [7, 11) is 0. The van der Waals surface area contributed by atoms with Crippen molar-refractivity contribution >= 4 is 0 Å². The number of H-pyrrole nitrogens is 1. The number of aromatic amines is 1. The van der Waals surface area contributed by atoms with Crippen LogP contribution in [0.5, 0.6) is 0 Å². The second-order valence-electron chi connectivity index (χ2n) is 5.53. The zero-order chi connectivity index (χ0) is 12.5. The summed E-state index contributed by atoms with van der Waals surface area (Å²) in [4.78, 5) is 22.1. The Morgan fingerprint density at radius 1 is 1.44 bits per heavy atom. The average Bonchev–Trinajstić information content (AvgIpc) is 3.20. The van der Waals surface area contributed by atoms with Crippen LogP contribution in [0.4, 0.5) is 0 Å². The van der Waals surface area contributed by atoms with E-state index in [0.717, 1.165) is 43.1 Å². The number of fused-ring (bicyclic) bond motifs is 1. The van der Waals surface area contributed by atoms with Crippen molar-refractivity contribution in [3.05, 3.63) is 27.4 Å². The van der Waals surface area contributed by atoms with Gasteiger partial charge < -0.3 is 4.98 Å². The third kappa shape index (κ3) is 2.34. The minimum atomic E-state index is 0.108. The van der Waals surface area contributed by atoms with Gasteiger partial charge in [-0.1, -0.05) is 13.3 Å². The van der Waals surface area contributed by atoms with Crippen molar-refractivity contribution in [3.8, 4) is 0 Å². The topological polar surface area (TPSA) is 49.0 Å². The van der Waals surface area contributed by atoms with Crippen LogP contribution in [-0.4, -0.2) is 28.0 Å². The van der Waals surface area contributed by atoms with Crippen LogP contribution in [0.3, 0.4) is 0 Å². The molecular weight excluding hydrogens is 226 g/mol. The van der Waals surface area contributed by atoms with Crippen molar-refractivity contribution in [1.29, 1.82) is 0 Å². The van der Waals surface area contributed by atoms with Gasteiger partial charge in [-0.25, -0.2) is 4.98 Å². The first-order valence-electron chi connectivity index (χ1n) is 7.12. The number of nitrogens with zero attached hydrogens (tertiary/aromatic N) is 2. The number of hydrogen-bond acceptors (Lipinski definition) is 3. The van der Waals surface area contributed by atoms with Crippen LogP contribution in [0.25, 0.3) is 0 Å². The molecule has 1 saturated carbocycles. The van der Waals surface area contributed by atoms with Crippen LogP contribution in [-0.2, 0) is 13.0 Å². The first kappa shape index (κ1) is 11.9. The Balaban J connectivity index is 1.82. The van der Waals surface area contributed by atoms with Crippen LogP contribution in [0.2, 0.25) is 0 Å². The van der Waals surface area contributed by atoms with E-state index in [1.807, 2.05) is 0 Å². The van der Waals surface area contributed by atoms with Crippen molar-refractivity contribution < 1.29 is 0 Å². The average molecular weight is 247 g/mol. The summed E-state index contributed by atoms with van der Waals surface area (Å²) < 4.78 is 0. The van der Waals surface area contributed by atoms with E-state index in [9.17, 15) is 4.79 Å². The van der Waals surface area contributed by atoms with Gasteiger partial charge in [0.2, 0.25) is 0 Å². The molecule has 0 bridgehead atoms. The van der Waals surface area contributed by atoms with Gasteiger partial charge in [0.25, 0.3) is 5.56 Å². The summed E-state index contributed by atoms with van der Waals surface area (Å²) in [5.74, 6) is 1.45. The largest absolute Gasteiger partial charge is 0.310 e. The van der Waals surface area contributed by atoms with E-state index in [0.29, 0.717) is 5.92 Å². The molecule has 1 fully saturated rings. The van der Waals surface area contributed by atoms with Crippen molar-refractivity contribution in [1.82, 2.24) is 14.9 Å². The minimum Gasteiger partial charge on any atom is -0.310 e. The molecule has 0 atom stereocenters. The van der Waals surface area contributed by atoms with Crippen molar-refractivity contribution in [2.45, 2.75) is 51.5 Å². The van der Waals surface area contributed by atoms with E-state index in [1.54, 1.807) is 0 Å². The monoisotopic (exact) mass is 247 g/mol. The van der Waals surface area contributed by atoms with Gasteiger partial charge in [0.1, 0.15) is 5.82 Å². The Kier molecular flexibility index (Phi) is 3.20. The fourth-order valence-electron chi connectivity index (χ4n) is 2.64. The SMILES string of the molecule is CCCCN1CCc2c(nc(C3CC3)[nH]c2=O)C1. The smallest absolute Gasteiger partial charge is 0.254 e. The van der Waals surface area contributed by atoms with Crippen LogP contribution in [0.15, 0.2) is 4.79 Å². The molecule has 0 spiro atoms. The summed E-state index contributed by atoms with van der Waals surface area (Å²) in [5.41, 5.74) is 2.06. The lowest BCUT2D eigenvalue weighted by Crippen LogP contribution is -2.36. The standard InChI is InChI=1S/C14H21N3O/c1-2-3-7-17-8-6-11-12(9-17)15-13(10-4-5-10)16-14(11)18/h10H,2-9H2,1H3,(H,15,16,18). The summed E-state index contributed by atoms with van der Waals surface area (Å²) in [6.07, 6.45) is 5.67. The molecule has 2 aliphatic rings. The number of nitrogens with one attached hydrogen (secondary N) is 1. The quantitative estimate of drug-likeness (QED) is 0.882. The molecule has 4 nitrogen and oxygen atoms in total. The highest BCUT2D eigenvalue weighted by Gasteiger charge is 2.28. The molecule has 0 amide bonds. The van der Waals surface area contributed by atoms with E-state index in [-0.39, 0.29) is 5.56 Å². The molecule has 4 heteroatoms. The highest BCUT2D eigenvalue weighted by molar-refractivity contribution is 5.22. The molecule has 0 saturated heterocycles. The van der Waals surface area contributed by atoms with Crippen LogP contribution >= 0.6 is 0 Å². The number of hydrogen-bond donors (Lipinski definition) is 1. The molecule has 1 aliphatic carbocycles. The van der Waals surface area contributed by atoms with Crippen LogP contribution in [0.1, 0.15) is 55.6 Å². The summed E-state index contributed by atoms with van der Waals surface area (Å²) in [5, 5.41) is 0. The van der Waals surface area contributed by atoms with E-state index >= 15 is 0 Å². The lowest BCUT2D eigenvalue weighted by atomic mass is 10.1. The summed E-state index contributed by atoms with van der Waals surface area (Å²) in [6, 6.07) is 0. The fraction of sp³-hybridized carbons (Fsp3) is 0.714. The zero-order valence-electron chi connectivity index (χ0n) is 11.0. The van der Waals surface area contributed by atoms with Gasteiger partial charge in [-0.2, -0.15) is 0 Å². The Hall–Kier alpha value is -1.16. The van der Waals surface area contributed by atoms with E-state index in [2.05, 4.69) is 16.8 Å². The molecule has 0 radical (unpaired) electrons. The number of rotatable bonds is 4. The second-order valence-corrected chi connectivity index (χ2v) is 5.53. The van der Waals surface area contributed by atoms with Crippen molar-refractivity contribution in [2.75, 3.05) is 13.1 Å². The molecule has 1 aromatic rings. The third-order valence-electron chi connectivity index (χ3n) is 3.96. The normalized spacial score (nSPS) is 19.8. The van der Waals surface area contributed by atoms with Gasteiger partial charge in [0.15, 0.2) is 0 Å². The van der Waals surface area contributed by atoms with Crippen molar-refractivity contribution in [3.63, 3.8) is 0 Å². The molecule has 1 aliphatic heterocycles. The number of unbranched alkanes of at least 4 members (excludes halogenated alkanes) is 1. The van der Waals surface area contributed by atoms with Gasteiger partial charge in [0, 0.05) is 24.6 Å². The lowest BCUT2D eigenvalue weighted by Gasteiger charge is -2.27. The van der Waals surface area contributed by atoms with E-state index in [1.165, 1.54) is 25.7 Å². The highest BCUT2D eigenvalue weighted by Crippen LogP contribution is 2.37. The first-order chi connectivity index (χ1) is 8.78. The van der Waals surface area contributed by atoms with Gasteiger partial charge in [-0.3, -0.25) is 9.69 Å². The van der Waals surface area contributed by atoms with Gasteiger partial charge >= 0.3 is 0 Å². The van der Waals surface area contributed by atoms with E-state index in [4.69, 9.17) is 4.98 Å². The maximum Gasteiger partial charge on any atom is 0.254 e. The summed E-state index contributed by atoms with van der Waals surface area (Å²) in [6.45, 7) is 5.20. The minimum absolute atomic E-state index is 0.108. The first-order valence-corrected chi connectivity index (χ1v) is 7.12. The maximum atomic E-state index is 12.0. The van der Waals surface area contributed by atoms with Gasteiger partial charge in [-0.15, -0.1) is 0 Å². The van der Waals surface area contributed by atoms with Crippen LogP contribution < -0.4 is 5.56 Å². The summed E-state index contributed by atoms with van der Waals surface area (Å²) >= 11 is 0. The molecule has 1 N–H and O–H groups in total. The Bertz CT molecular complexity index is 490. The molecule has 0 unspecified atom stereocenters. The predicted molar refractivity (Wildman–Crippen MR) is 70.7 cm³/mol. The zero-order valence-corrected chi connectivity index (χ0v) is 11.0. The molecule has 18 heavy (non-hydrogen) atoms. The van der Waals surface area contributed by atoms with Gasteiger partial charge in [0.05, 0.1) is 5.69 Å². The molecule has 0 aromatic carbocycles. The predicted octanol–water partition coefficient (Wildman–Crippen LogP) is 1.81. The van der Waals surface area contributed by atoms with Gasteiger partial charge in [-0.05, 0) is 32.2 Å². The molecule has 3 rings (SSSR count). The molecule has 1 aromatic heterocycles. The lowest BCUT2D eigenvalue weighted by molar-refractivity contribution is 0.245. The second kappa shape index (κ2) is 4.84. The molecular formula is C14H21N3O. The third-order valence-corrected chi connectivity index (χ3v) is 3.96.